The van der Waals surface area contributed by atoms with Gasteiger partial charge in [-0.15, -0.1) is 0 Å². The second-order valence-electron chi connectivity index (χ2n) is 6.04. The van der Waals surface area contributed by atoms with Crippen LogP contribution in [0.2, 0.25) is 0 Å². The molecule has 3 rings (SSSR count). The minimum absolute atomic E-state index is 0.477. The van der Waals surface area contributed by atoms with Gasteiger partial charge in [-0.25, -0.2) is 0 Å². The van der Waals surface area contributed by atoms with Gasteiger partial charge in [0, 0.05) is 25.2 Å². The number of benzene rings is 1. The van der Waals surface area contributed by atoms with Gasteiger partial charge in [-0.2, -0.15) is 0 Å². The Bertz CT molecular complexity index is 398. The summed E-state index contributed by atoms with van der Waals surface area (Å²) in [6.07, 6.45) is 4.34. The molecule has 2 heteroatoms. The van der Waals surface area contributed by atoms with E-state index in [1.807, 2.05) is 0 Å². The summed E-state index contributed by atoms with van der Waals surface area (Å²) in [4.78, 5) is 2.70. The van der Waals surface area contributed by atoms with Gasteiger partial charge < -0.3 is 5.32 Å². The Morgan fingerprint density at radius 1 is 1.28 bits per heavy atom. The van der Waals surface area contributed by atoms with Crippen molar-refractivity contribution in [2.24, 2.45) is 5.92 Å². The van der Waals surface area contributed by atoms with Gasteiger partial charge in [0.25, 0.3) is 0 Å². The van der Waals surface area contributed by atoms with Crippen molar-refractivity contribution in [3.8, 4) is 0 Å². The third kappa shape index (κ3) is 2.32. The fraction of sp³-hybridized carbons (Fsp3) is 0.625. The van der Waals surface area contributed by atoms with E-state index in [1.54, 1.807) is 0 Å². The van der Waals surface area contributed by atoms with Gasteiger partial charge in [-0.05, 0) is 44.7 Å². The number of rotatable bonds is 4. The Balaban J connectivity index is 1.67. The van der Waals surface area contributed by atoms with Crippen LogP contribution in [0.5, 0.6) is 0 Å². The summed E-state index contributed by atoms with van der Waals surface area (Å²) < 4.78 is 0. The highest BCUT2D eigenvalue weighted by Gasteiger charge is 2.38. The fourth-order valence-corrected chi connectivity index (χ4v) is 3.65. The van der Waals surface area contributed by atoms with Crippen LogP contribution in [-0.2, 0) is 0 Å². The van der Waals surface area contributed by atoms with Gasteiger partial charge in [-0.1, -0.05) is 29.8 Å². The topological polar surface area (TPSA) is 15.3 Å². The minimum Gasteiger partial charge on any atom is -0.312 e. The number of fused-ring (bicyclic) bond motifs is 2. The van der Waals surface area contributed by atoms with Crippen molar-refractivity contribution >= 4 is 0 Å². The van der Waals surface area contributed by atoms with Crippen LogP contribution in [0.25, 0.3) is 0 Å². The normalized spacial score (nSPS) is 28.8. The SMILES string of the molecule is CNC(CN1CC2CCC1C2)c1ccc(C)cc1. The number of hydrogen-bond donors (Lipinski definition) is 1. The molecule has 1 aromatic rings. The third-order valence-corrected chi connectivity index (χ3v) is 4.77. The number of nitrogens with zero attached hydrogens (tertiary/aromatic N) is 1. The van der Waals surface area contributed by atoms with E-state index >= 15 is 0 Å². The highest BCUT2D eigenvalue weighted by Crippen LogP contribution is 2.38. The lowest BCUT2D eigenvalue weighted by molar-refractivity contribution is 0.194. The van der Waals surface area contributed by atoms with Crippen LogP contribution in [-0.4, -0.2) is 31.1 Å². The Hall–Kier alpha value is -0.860. The summed E-state index contributed by atoms with van der Waals surface area (Å²) in [6.45, 7) is 4.65. The van der Waals surface area contributed by atoms with Crippen LogP contribution in [0.4, 0.5) is 0 Å². The van der Waals surface area contributed by atoms with Crippen molar-refractivity contribution in [1.82, 2.24) is 10.2 Å². The molecule has 1 aromatic carbocycles. The zero-order valence-corrected chi connectivity index (χ0v) is 11.5. The molecule has 1 saturated heterocycles. The summed E-state index contributed by atoms with van der Waals surface area (Å²) in [6, 6.07) is 10.3. The van der Waals surface area contributed by atoms with E-state index in [0.717, 1.165) is 12.0 Å². The Morgan fingerprint density at radius 3 is 2.61 bits per heavy atom. The lowest BCUT2D eigenvalue weighted by Gasteiger charge is -2.31. The molecule has 0 aromatic heterocycles. The molecule has 1 N–H and O–H groups in total. The van der Waals surface area contributed by atoms with Crippen LogP contribution in [0.15, 0.2) is 24.3 Å². The van der Waals surface area contributed by atoms with Gasteiger partial charge in [0.15, 0.2) is 0 Å². The standard InChI is InChI=1S/C16H24N2/c1-12-3-6-14(7-4-12)16(17-2)11-18-10-13-5-8-15(18)9-13/h3-4,6-7,13,15-17H,5,8-11H2,1-2H3. The van der Waals surface area contributed by atoms with Crippen molar-refractivity contribution in [2.75, 3.05) is 20.1 Å². The van der Waals surface area contributed by atoms with Crippen molar-refractivity contribution in [3.05, 3.63) is 35.4 Å². The molecule has 98 valence electrons. The average Bonchev–Trinajstić information content (AvgIpc) is 2.99. The first kappa shape index (κ1) is 12.2. The minimum atomic E-state index is 0.477. The Morgan fingerprint density at radius 2 is 2.06 bits per heavy atom. The average molecular weight is 244 g/mol. The lowest BCUT2D eigenvalue weighted by Crippen LogP contribution is -2.38. The van der Waals surface area contributed by atoms with Crippen molar-refractivity contribution in [1.29, 1.82) is 0 Å². The van der Waals surface area contributed by atoms with E-state index in [-0.39, 0.29) is 0 Å². The van der Waals surface area contributed by atoms with Crippen LogP contribution < -0.4 is 5.32 Å². The van der Waals surface area contributed by atoms with Gasteiger partial charge in [0.1, 0.15) is 0 Å². The zero-order valence-electron chi connectivity index (χ0n) is 11.5. The first-order valence-electron chi connectivity index (χ1n) is 7.24. The predicted octanol–water partition coefficient (Wildman–Crippen LogP) is 2.74. The molecular weight excluding hydrogens is 220 g/mol. The number of likely N-dealkylation sites (tertiary alicyclic amines) is 1. The van der Waals surface area contributed by atoms with Crippen LogP contribution in [0.3, 0.4) is 0 Å². The molecule has 1 heterocycles. The summed E-state index contributed by atoms with van der Waals surface area (Å²) in [7, 11) is 2.08. The van der Waals surface area contributed by atoms with Crippen molar-refractivity contribution in [2.45, 2.75) is 38.3 Å². The molecule has 3 unspecified atom stereocenters. The second kappa shape index (κ2) is 5.02. The lowest BCUT2D eigenvalue weighted by atomic mass is 10.0. The maximum Gasteiger partial charge on any atom is 0.0446 e. The Labute approximate surface area is 110 Å². The molecule has 2 nitrogen and oxygen atoms in total. The van der Waals surface area contributed by atoms with Crippen molar-refractivity contribution in [3.63, 3.8) is 0 Å². The smallest absolute Gasteiger partial charge is 0.0446 e. The number of nitrogens with one attached hydrogen (secondary N) is 1. The molecule has 1 saturated carbocycles. The number of piperidine rings is 1. The van der Waals surface area contributed by atoms with E-state index in [4.69, 9.17) is 0 Å². The molecule has 2 bridgehead atoms. The molecule has 0 radical (unpaired) electrons. The largest absolute Gasteiger partial charge is 0.312 e. The number of likely N-dealkylation sites (N-methyl/N-ethyl adjacent to an activating group) is 1. The monoisotopic (exact) mass is 244 g/mol. The van der Waals surface area contributed by atoms with Crippen LogP contribution in [0.1, 0.15) is 36.4 Å². The van der Waals surface area contributed by atoms with Gasteiger partial charge in [0.2, 0.25) is 0 Å². The molecule has 1 aliphatic heterocycles. The van der Waals surface area contributed by atoms with E-state index in [2.05, 4.69) is 48.5 Å². The predicted molar refractivity (Wildman–Crippen MR) is 75.7 cm³/mol. The maximum atomic E-state index is 3.48. The van der Waals surface area contributed by atoms with E-state index in [9.17, 15) is 0 Å². The van der Waals surface area contributed by atoms with E-state index in [0.29, 0.717) is 6.04 Å². The van der Waals surface area contributed by atoms with Gasteiger partial charge >= 0.3 is 0 Å². The summed E-state index contributed by atoms with van der Waals surface area (Å²) >= 11 is 0. The Kier molecular flexibility index (Phi) is 3.40. The molecular formula is C16H24N2. The molecule has 2 fully saturated rings. The highest BCUT2D eigenvalue weighted by molar-refractivity contribution is 5.24. The number of aryl methyl sites for hydroxylation is 1. The molecule has 0 amide bonds. The number of hydrogen-bond acceptors (Lipinski definition) is 2. The fourth-order valence-electron chi connectivity index (χ4n) is 3.65. The summed E-state index contributed by atoms with van der Waals surface area (Å²) in [5, 5.41) is 3.48. The van der Waals surface area contributed by atoms with E-state index < -0.39 is 0 Å². The third-order valence-electron chi connectivity index (χ3n) is 4.77. The first-order valence-corrected chi connectivity index (χ1v) is 7.24. The molecule has 0 spiro atoms. The molecule has 18 heavy (non-hydrogen) atoms. The van der Waals surface area contributed by atoms with Crippen LogP contribution in [0, 0.1) is 12.8 Å². The van der Waals surface area contributed by atoms with Gasteiger partial charge in [-0.3, -0.25) is 4.90 Å². The zero-order chi connectivity index (χ0) is 12.5. The first-order chi connectivity index (χ1) is 8.76. The van der Waals surface area contributed by atoms with Crippen molar-refractivity contribution < 1.29 is 0 Å². The summed E-state index contributed by atoms with van der Waals surface area (Å²) in [5.74, 6) is 0.991. The highest BCUT2D eigenvalue weighted by atomic mass is 15.2. The molecule has 2 aliphatic rings. The van der Waals surface area contributed by atoms with E-state index in [1.165, 1.54) is 43.5 Å². The second-order valence-corrected chi connectivity index (χ2v) is 6.04. The molecule has 3 atom stereocenters. The van der Waals surface area contributed by atoms with Crippen LogP contribution >= 0.6 is 0 Å². The molecule has 1 aliphatic carbocycles. The summed E-state index contributed by atoms with van der Waals surface area (Å²) in [5.41, 5.74) is 2.76. The quantitative estimate of drug-likeness (QED) is 0.876. The van der Waals surface area contributed by atoms with Gasteiger partial charge in [0.05, 0.1) is 0 Å². The maximum absolute atomic E-state index is 3.48.